The van der Waals surface area contributed by atoms with Gasteiger partial charge in [-0.25, -0.2) is 0 Å². The predicted octanol–water partition coefficient (Wildman–Crippen LogP) is 4.19. The molecule has 0 saturated carbocycles. The Hall–Kier alpha value is -4.13. The lowest BCUT2D eigenvalue weighted by atomic mass is 10.1. The van der Waals surface area contributed by atoms with Crippen LogP contribution in [-0.4, -0.2) is 24.3 Å². The van der Waals surface area contributed by atoms with E-state index in [-0.39, 0.29) is 5.91 Å². The van der Waals surface area contributed by atoms with Crippen LogP contribution in [0.2, 0.25) is 0 Å². The highest BCUT2D eigenvalue weighted by molar-refractivity contribution is 6.04. The summed E-state index contributed by atoms with van der Waals surface area (Å²) in [7, 11) is 0. The Morgan fingerprint density at radius 3 is 2.06 bits per heavy atom. The quantitative estimate of drug-likeness (QED) is 0.368. The molecular weight excluding hydrogens is 406 g/mol. The number of carbonyl (C=O) groups is 3. The van der Waals surface area contributed by atoms with Gasteiger partial charge >= 0.3 is 0 Å². The number of benzene rings is 3. The summed E-state index contributed by atoms with van der Waals surface area (Å²) in [5.74, 6) is -0.734. The van der Waals surface area contributed by atoms with Crippen LogP contribution >= 0.6 is 0 Å². The molecule has 3 amide bonds. The summed E-state index contributed by atoms with van der Waals surface area (Å²) in [6.45, 7) is 2.57. The van der Waals surface area contributed by atoms with Crippen molar-refractivity contribution in [2.24, 2.45) is 0 Å². The summed E-state index contributed by atoms with van der Waals surface area (Å²) in [4.78, 5) is 37.1. The van der Waals surface area contributed by atoms with Crippen molar-refractivity contribution < 1.29 is 19.1 Å². The van der Waals surface area contributed by atoms with Crippen molar-refractivity contribution in [3.05, 3.63) is 95.6 Å². The Morgan fingerprint density at radius 1 is 0.719 bits per heavy atom. The molecule has 0 aliphatic rings. The van der Waals surface area contributed by atoms with E-state index in [0.717, 1.165) is 12.8 Å². The number of nitrogens with one attached hydrogen (secondary N) is 3. The fourth-order valence-electron chi connectivity index (χ4n) is 2.86. The van der Waals surface area contributed by atoms with E-state index < -0.39 is 11.8 Å². The highest BCUT2D eigenvalue weighted by Gasteiger charge is 2.14. The fraction of sp³-hybridized carbons (Fsp3) is 0.160. The topological polar surface area (TPSA) is 96.5 Å². The number of para-hydroxylation sites is 1. The van der Waals surface area contributed by atoms with E-state index >= 15 is 0 Å². The standard InChI is InChI=1S/C25H25N3O4/c1-2-3-17-32-22-12-8-7-11-21(22)25(31)28-27-24(30)19-13-15-20(16-14-19)26-23(29)18-9-5-4-6-10-18/h4-16H,2-3,17H2,1H3,(H,26,29)(H,27,30)(H,28,31). The van der Waals surface area contributed by atoms with Crippen molar-refractivity contribution in [3.63, 3.8) is 0 Å². The molecule has 164 valence electrons. The Labute approximate surface area is 186 Å². The zero-order chi connectivity index (χ0) is 22.8. The molecule has 3 aromatic carbocycles. The number of hydrazine groups is 1. The van der Waals surface area contributed by atoms with Gasteiger partial charge in [-0.1, -0.05) is 43.7 Å². The van der Waals surface area contributed by atoms with Crippen LogP contribution in [0.25, 0.3) is 0 Å². The van der Waals surface area contributed by atoms with Crippen LogP contribution in [0.1, 0.15) is 50.8 Å². The maximum Gasteiger partial charge on any atom is 0.273 e. The Bertz CT molecular complexity index is 1070. The van der Waals surface area contributed by atoms with Gasteiger partial charge in [-0.3, -0.25) is 25.2 Å². The van der Waals surface area contributed by atoms with Crippen LogP contribution < -0.4 is 20.9 Å². The van der Waals surface area contributed by atoms with E-state index in [9.17, 15) is 14.4 Å². The molecule has 0 aliphatic carbocycles. The first-order valence-corrected chi connectivity index (χ1v) is 10.4. The Kier molecular flexibility index (Phi) is 7.97. The van der Waals surface area contributed by atoms with Crippen LogP contribution in [0, 0.1) is 0 Å². The van der Waals surface area contributed by atoms with Gasteiger partial charge in [0, 0.05) is 16.8 Å². The van der Waals surface area contributed by atoms with E-state index in [4.69, 9.17) is 4.74 Å². The summed E-state index contributed by atoms with van der Waals surface area (Å²) in [6, 6.07) is 22.1. The molecule has 0 unspecified atom stereocenters. The second-order valence-electron chi connectivity index (χ2n) is 7.00. The van der Waals surface area contributed by atoms with Crippen molar-refractivity contribution in [1.29, 1.82) is 0 Å². The minimum atomic E-state index is -0.483. The average molecular weight is 431 g/mol. The molecular formula is C25H25N3O4. The second kappa shape index (κ2) is 11.3. The van der Waals surface area contributed by atoms with Crippen molar-refractivity contribution in [2.45, 2.75) is 19.8 Å². The van der Waals surface area contributed by atoms with Gasteiger partial charge in [-0.05, 0) is 55.0 Å². The van der Waals surface area contributed by atoms with Crippen LogP contribution in [0.5, 0.6) is 5.75 Å². The zero-order valence-electron chi connectivity index (χ0n) is 17.8. The first-order chi connectivity index (χ1) is 15.6. The van der Waals surface area contributed by atoms with Crippen LogP contribution in [-0.2, 0) is 0 Å². The van der Waals surface area contributed by atoms with Crippen molar-refractivity contribution in [1.82, 2.24) is 10.9 Å². The number of rotatable bonds is 8. The monoisotopic (exact) mass is 431 g/mol. The maximum atomic E-state index is 12.5. The Balaban J connectivity index is 1.55. The number of anilines is 1. The molecule has 0 saturated heterocycles. The average Bonchev–Trinajstić information content (AvgIpc) is 2.84. The summed E-state index contributed by atoms with van der Waals surface area (Å²) in [6.07, 6.45) is 1.87. The van der Waals surface area contributed by atoms with Crippen LogP contribution in [0.15, 0.2) is 78.9 Å². The summed E-state index contributed by atoms with van der Waals surface area (Å²) in [5, 5.41) is 2.77. The number of carbonyl (C=O) groups excluding carboxylic acids is 3. The number of hydrogen-bond acceptors (Lipinski definition) is 4. The maximum absolute atomic E-state index is 12.5. The lowest BCUT2D eigenvalue weighted by molar-refractivity contribution is 0.0844. The number of ether oxygens (including phenoxy) is 1. The fourth-order valence-corrected chi connectivity index (χ4v) is 2.86. The molecule has 0 aromatic heterocycles. The van der Waals surface area contributed by atoms with Crippen molar-refractivity contribution in [3.8, 4) is 5.75 Å². The number of hydrogen-bond donors (Lipinski definition) is 3. The molecule has 3 aromatic rings. The molecule has 0 bridgehead atoms. The van der Waals surface area contributed by atoms with Gasteiger partial charge in [0.2, 0.25) is 0 Å². The van der Waals surface area contributed by atoms with Gasteiger partial charge in [0.15, 0.2) is 0 Å². The molecule has 0 radical (unpaired) electrons. The van der Waals surface area contributed by atoms with E-state index in [1.165, 1.54) is 0 Å². The zero-order valence-corrected chi connectivity index (χ0v) is 17.8. The van der Waals surface area contributed by atoms with Gasteiger partial charge in [0.05, 0.1) is 12.2 Å². The normalized spacial score (nSPS) is 10.2. The smallest absolute Gasteiger partial charge is 0.273 e. The lowest BCUT2D eigenvalue weighted by Crippen LogP contribution is -2.41. The second-order valence-corrected chi connectivity index (χ2v) is 7.00. The third-order valence-corrected chi connectivity index (χ3v) is 4.62. The minimum Gasteiger partial charge on any atom is -0.493 e. The number of unbranched alkanes of at least 4 members (excludes halogenated alkanes) is 1. The van der Waals surface area contributed by atoms with E-state index in [0.29, 0.717) is 34.7 Å². The van der Waals surface area contributed by atoms with Crippen molar-refractivity contribution in [2.75, 3.05) is 11.9 Å². The molecule has 3 rings (SSSR count). The molecule has 3 N–H and O–H groups in total. The third-order valence-electron chi connectivity index (χ3n) is 4.62. The molecule has 0 fully saturated rings. The van der Waals surface area contributed by atoms with Gasteiger partial charge in [-0.2, -0.15) is 0 Å². The van der Waals surface area contributed by atoms with E-state index in [1.54, 1.807) is 72.8 Å². The van der Waals surface area contributed by atoms with Crippen LogP contribution in [0.3, 0.4) is 0 Å². The molecule has 7 heteroatoms. The molecule has 32 heavy (non-hydrogen) atoms. The molecule has 0 spiro atoms. The highest BCUT2D eigenvalue weighted by Crippen LogP contribution is 2.18. The predicted molar refractivity (Wildman–Crippen MR) is 123 cm³/mol. The van der Waals surface area contributed by atoms with Crippen LogP contribution in [0.4, 0.5) is 5.69 Å². The third kappa shape index (κ3) is 6.18. The summed E-state index contributed by atoms with van der Waals surface area (Å²) < 4.78 is 5.66. The molecule has 0 aliphatic heterocycles. The van der Waals surface area contributed by atoms with Gasteiger partial charge in [0.25, 0.3) is 17.7 Å². The summed E-state index contributed by atoms with van der Waals surface area (Å²) >= 11 is 0. The Morgan fingerprint density at radius 2 is 1.34 bits per heavy atom. The van der Waals surface area contributed by atoms with E-state index in [2.05, 4.69) is 23.1 Å². The minimum absolute atomic E-state index is 0.241. The SMILES string of the molecule is CCCCOc1ccccc1C(=O)NNC(=O)c1ccc(NC(=O)c2ccccc2)cc1. The number of amides is 3. The first-order valence-electron chi connectivity index (χ1n) is 10.4. The first kappa shape index (κ1) is 22.6. The largest absolute Gasteiger partial charge is 0.493 e. The van der Waals surface area contributed by atoms with Gasteiger partial charge in [-0.15, -0.1) is 0 Å². The van der Waals surface area contributed by atoms with Gasteiger partial charge < -0.3 is 10.1 Å². The van der Waals surface area contributed by atoms with Gasteiger partial charge in [0.1, 0.15) is 5.75 Å². The molecule has 0 heterocycles. The van der Waals surface area contributed by atoms with Crippen molar-refractivity contribution >= 4 is 23.4 Å². The van der Waals surface area contributed by atoms with E-state index in [1.807, 2.05) is 6.07 Å². The highest BCUT2D eigenvalue weighted by atomic mass is 16.5. The molecule has 0 atom stereocenters. The lowest BCUT2D eigenvalue weighted by Gasteiger charge is -2.12. The molecule has 7 nitrogen and oxygen atoms in total. The summed E-state index contributed by atoms with van der Waals surface area (Å²) in [5.41, 5.74) is 6.56.